The Morgan fingerprint density at radius 1 is 1.17 bits per heavy atom. The summed E-state index contributed by atoms with van der Waals surface area (Å²) < 4.78 is 45.3. The summed E-state index contributed by atoms with van der Waals surface area (Å²) in [5.41, 5.74) is 1.35. The van der Waals surface area contributed by atoms with Crippen LogP contribution in [0.4, 0.5) is 4.39 Å². The van der Waals surface area contributed by atoms with Crippen molar-refractivity contribution in [2.75, 3.05) is 13.7 Å². The number of halogens is 1. The molecule has 0 unspecified atom stereocenters. The van der Waals surface area contributed by atoms with E-state index in [9.17, 15) is 12.8 Å². The Morgan fingerprint density at radius 3 is 2.61 bits per heavy atom. The highest BCUT2D eigenvalue weighted by molar-refractivity contribution is 7.88. The molecule has 23 heavy (non-hydrogen) atoms. The molecular weight excluding hydrogens is 317 g/mol. The monoisotopic (exact) mass is 337 g/mol. The molecule has 0 amide bonds. The molecule has 0 aliphatic rings. The minimum Gasteiger partial charge on any atom is -0.496 e. The first-order valence-electron chi connectivity index (χ1n) is 7.26. The van der Waals surface area contributed by atoms with Crippen molar-refractivity contribution in [1.29, 1.82) is 0 Å². The van der Waals surface area contributed by atoms with Crippen molar-refractivity contribution in [3.8, 4) is 5.75 Å². The summed E-state index contributed by atoms with van der Waals surface area (Å²) in [6, 6.07) is 13.1. The number of ether oxygens (including phenoxy) is 1. The number of methoxy groups -OCH3 is 1. The maximum atomic E-state index is 13.1. The van der Waals surface area contributed by atoms with E-state index in [-0.39, 0.29) is 18.2 Å². The molecule has 0 bridgehead atoms. The number of hydrogen-bond donors (Lipinski definition) is 1. The van der Waals surface area contributed by atoms with E-state index < -0.39 is 15.8 Å². The normalized spacial score (nSPS) is 12.8. The fraction of sp³-hybridized carbons (Fsp3) is 0.294. The van der Waals surface area contributed by atoms with E-state index in [4.69, 9.17) is 4.74 Å². The first-order valence-corrected chi connectivity index (χ1v) is 8.91. The van der Waals surface area contributed by atoms with Crippen molar-refractivity contribution >= 4 is 10.0 Å². The molecule has 2 rings (SSSR count). The van der Waals surface area contributed by atoms with Crippen molar-refractivity contribution in [1.82, 2.24) is 4.72 Å². The van der Waals surface area contributed by atoms with Crippen molar-refractivity contribution in [2.45, 2.75) is 18.6 Å². The van der Waals surface area contributed by atoms with Gasteiger partial charge in [0.25, 0.3) is 0 Å². The van der Waals surface area contributed by atoms with Gasteiger partial charge in [-0.2, -0.15) is 0 Å². The summed E-state index contributed by atoms with van der Waals surface area (Å²) in [6.07, 6.45) is 0. The summed E-state index contributed by atoms with van der Waals surface area (Å²) in [7, 11) is -1.95. The minimum atomic E-state index is -3.53. The van der Waals surface area contributed by atoms with E-state index >= 15 is 0 Å². The third-order valence-electron chi connectivity index (χ3n) is 3.52. The van der Waals surface area contributed by atoms with Gasteiger partial charge in [0, 0.05) is 6.54 Å². The lowest BCUT2D eigenvalue weighted by Gasteiger charge is -2.16. The fourth-order valence-corrected chi connectivity index (χ4v) is 3.56. The molecule has 1 atom stereocenters. The van der Waals surface area contributed by atoms with Crippen LogP contribution in [0.5, 0.6) is 5.75 Å². The Kier molecular flexibility index (Phi) is 5.74. The minimum absolute atomic E-state index is 0.0477. The lowest BCUT2D eigenvalue weighted by Crippen LogP contribution is -2.29. The summed E-state index contributed by atoms with van der Waals surface area (Å²) in [5, 5.41) is 0. The average molecular weight is 337 g/mol. The lowest BCUT2D eigenvalue weighted by atomic mass is 10.0. The molecule has 6 heteroatoms. The van der Waals surface area contributed by atoms with Crippen LogP contribution in [0.1, 0.15) is 24.0 Å². The first-order chi connectivity index (χ1) is 10.9. The zero-order chi connectivity index (χ0) is 16.9. The quantitative estimate of drug-likeness (QED) is 0.845. The zero-order valence-corrected chi connectivity index (χ0v) is 13.9. The van der Waals surface area contributed by atoms with Crippen molar-refractivity contribution in [3.05, 3.63) is 65.5 Å². The first kappa shape index (κ1) is 17.4. The van der Waals surface area contributed by atoms with Gasteiger partial charge in [-0.15, -0.1) is 0 Å². The molecule has 1 N–H and O–H groups in total. The van der Waals surface area contributed by atoms with Gasteiger partial charge in [-0.3, -0.25) is 0 Å². The summed E-state index contributed by atoms with van der Waals surface area (Å²) in [4.78, 5) is 0. The highest BCUT2D eigenvalue weighted by atomic mass is 32.2. The highest BCUT2D eigenvalue weighted by Gasteiger charge is 2.16. The summed E-state index contributed by atoms with van der Waals surface area (Å²) in [5.74, 6) is -0.0125. The van der Waals surface area contributed by atoms with Crippen LogP contribution in [-0.2, 0) is 15.8 Å². The van der Waals surface area contributed by atoms with Gasteiger partial charge in [-0.05, 0) is 35.2 Å². The van der Waals surface area contributed by atoms with E-state index in [0.29, 0.717) is 5.56 Å². The SMILES string of the molecule is COc1ccccc1[C@@H](C)CNS(=O)(=O)Cc1cccc(F)c1. The van der Waals surface area contributed by atoms with Crippen LogP contribution < -0.4 is 9.46 Å². The smallest absolute Gasteiger partial charge is 0.215 e. The zero-order valence-electron chi connectivity index (χ0n) is 13.1. The van der Waals surface area contributed by atoms with Gasteiger partial charge in [0.1, 0.15) is 11.6 Å². The van der Waals surface area contributed by atoms with Gasteiger partial charge in [0.15, 0.2) is 0 Å². The van der Waals surface area contributed by atoms with E-state index in [0.717, 1.165) is 11.3 Å². The van der Waals surface area contributed by atoms with Crippen molar-refractivity contribution in [3.63, 3.8) is 0 Å². The fourth-order valence-electron chi connectivity index (χ4n) is 2.33. The number of nitrogens with one attached hydrogen (secondary N) is 1. The molecule has 2 aromatic carbocycles. The predicted molar refractivity (Wildman–Crippen MR) is 88.4 cm³/mol. The van der Waals surface area contributed by atoms with Gasteiger partial charge in [-0.25, -0.2) is 17.5 Å². The molecule has 0 heterocycles. The maximum absolute atomic E-state index is 13.1. The van der Waals surface area contributed by atoms with Crippen molar-refractivity contribution < 1.29 is 17.5 Å². The molecule has 0 saturated heterocycles. The van der Waals surface area contributed by atoms with Gasteiger partial charge < -0.3 is 4.74 Å². The second-order valence-electron chi connectivity index (χ2n) is 5.38. The summed E-state index contributed by atoms with van der Waals surface area (Å²) >= 11 is 0. The molecule has 2 aromatic rings. The third kappa shape index (κ3) is 5.04. The van der Waals surface area contributed by atoms with Crippen LogP contribution in [0, 0.1) is 5.82 Å². The van der Waals surface area contributed by atoms with Gasteiger partial charge in [-0.1, -0.05) is 37.3 Å². The predicted octanol–water partition coefficient (Wildman–Crippen LogP) is 3.06. The number of benzene rings is 2. The molecule has 0 spiro atoms. The number of hydrogen-bond acceptors (Lipinski definition) is 3. The molecule has 124 valence electrons. The van der Waals surface area contributed by atoms with Gasteiger partial charge in [0.2, 0.25) is 10.0 Å². The standard InChI is InChI=1S/C17H20FNO3S/c1-13(16-8-3-4-9-17(16)22-2)11-19-23(20,21)12-14-6-5-7-15(18)10-14/h3-10,13,19H,11-12H2,1-2H3/t13-/m0/s1. The highest BCUT2D eigenvalue weighted by Crippen LogP contribution is 2.25. The Morgan fingerprint density at radius 2 is 1.91 bits per heavy atom. The van der Waals surface area contributed by atoms with Crippen molar-refractivity contribution in [2.24, 2.45) is 0 Å². The molecule has 0 saturated carbocycles. The Labute approximate surface area is 136 Å². The van der Waals surface area contributed by atoms with Gasteiger partial charge >= 0.3 is 0 Å². The lowest BCUT2D eigenvalue weighted by molar-refractivity contribution is 0.406. The van der Waals surface area contributed by atoms with Crippen LogP contribution in [0.3, 0.4) is 0 Å². The molecule has 4 nitrogen and oxygen atoms in total. The van der Waals surface area contributed by atoms with Crippen LogP contribution in [0.2, 0.25) is 0 Å². The molecule has 0 aromatic heterocycles. The Balaban J connectivity index is 2.01. The van der Waals surface area contributed by atoms with E-state index in [1.807, 2.05) is 31.2 Å². The van der Waals surface area contributed by atoms with E-state index in [2.05, 4.69) is 4.72 Å². The topological polar surface area (TPSA) is 55.4 Å². The van der Waals surface area contributed by atoms with Crippen LogP contribution >= 0.6 is 0 Å². The average Bonchev–Trinajstić information content (AvgIpc) is 2.52. The van der Waals surface area contributed by atoms with E-state index in [1.54, 1.807) is 13.2 Å². The Bertz CT molecular complexity index is 762. The van der Waals surface area contributed by atoms with Crippen LogP contribution in [0.25, 0.3) is 0 Å². The second-order valence-corrected chi connectivity index (χ2v) is 7.19. The van der Waals surface area contributed by atoms with E-state index in [1.165, 1.54) is 18.2 Å². The van der Waals surface area contributed by atoms with Crippen LogP contribution in [-0.4, -0.2) is 22.1 Å². The molecular formula is C17H20FNO3S. The maximum Gasteiger partial charge on any atom is 0.215 e. The largest absolute Gasteiger partial charge is 0.496 e. The number of sulfonamides is 1. The third-order valence-corrected chi connectivity index (χ3v) is 4.84. The molecule has 0 aliphatic carbocycles. The van der Waals surface area contributed by atoms with Crippen LogP contribution in [0.15, 0.2) is 48.5 Å². The molecule has 0 aliphatic heterocycles. The number of para-hydroxylation sites is 1. The van der Waals surface area contributed by atoms with Gasteiger partial charge in [0.05, 0.1) is 12.9 Å². The Hall–Kier alpha value is -1.92. The summed E-state index contributed by atoms with van der Waals surface area (Å²) in [6.45, 7) is 2.17. The molecule has 0 fully saturated rings. The molecule has 0 radical (unpaired) electrons. The number of rotatable bonds is 7. The second kappa shape index (κ2) is 7.57.